The van der Waals surface area contributed by atoms with E-state index in [0.29, 0.717) is 6.04 Å². The molecular formula is C16H21BrN2S. The van der Waals surface area contributed by atoms with Crippen molar-refractivity contribution in [2.75, 3.05) is 25.0 Å². The molecule has 108 valence electrons. The van der Waals surface area contributed by atoms with Gasteiger partial charge in [0.25, 0.3) is 0 Å². The predicted octanol–water partition coefficient (Wildman–Crippen LogP) is 4.69. The summed E-state index contributed by atoms with van der Waals surface area (Å²) in [4.78, 5) is 3.68. The van der Waals surface area contributed by atoms with Gasteiger partial charge in [0.05, 0.1) is 3.79 Å². The van der Waals surface area contributed by atoms with Crippen molar-refractivity contribution in [1.82, 2.24) is 5.32 Å². The molecule has 0 amide bonds. The smallest absolute Gasteiger partial charge is 0.0701 e. The van der Waals surface area contributed by atoms with Crippen LogP contribution in [-0.2, 0) is 0 Å². The van der Waals surface area contributed by atoms with Crippen molar-refractivity contribution in [3.63, 3.8) is 0 Å². The number of thiophene rings is 1. The Bertz CT molecular complexity index is 512. The normalized spacial score (nSPS) is 12.3. The van der Waals surface area contributed by atoms with Crippen LogP contribution in [0, 0.1) is 0 Å². The summed E-state index contributed by atoms with van der Waals surface area (Å²) < 4.78 is 1.20. The van der Waals surface area contributed by atoms with Crippen molar-refractivity contribution in [3.8, 4) is 0 Å². The molecule has 0 bridgehead atoms. The van der Waals surface area contributed by atoms with Crippen molar-refractivity contribution in [1.29, 1.82) is 0 Å². The van der Waals surface area contributed by atoms with E-state index in [2.05, 4.69) is 82.6 Å². The SMILES string of the molecule is CC(NCCCN(C)c1ccccc1)c1ccc(Br)s1. The maximum atomic E-state index is 3.58. The van der Waals surface area contributed by atoms with Crippen molar-refractivity contribution < 1.29 is 0 Å². The fourth-order valence-corrected chi connectivity index (χ4v) is 3.56. The van der Waals surface area contributed by atoms with Crippen molar-refractivity contribution in [2.24, 2.45) is 0 Å². The van der Waals surface area contributed by atoms with E-state index >= 15 is 0 Å². The van der Waals surface area contributed by atoms with Crippen LogP contribution in [0.15, 0.2) is 46.3 Å². The topological polar surface area (TPSA) is 15.3 Å². The van der Waals surface area contributed by atoms with Gasteiger partial charge >= 0.3 is 0 Å². The quantitative estimate of drug-likeness (QED) is 0.727. The van der Waals surface area contributed by atoms with Crippen LogP contribution in [0.25, 0.3) is 0 Å². The van der Waals surface area contributed by atoms with Gasteiger partial charge in [0.15, 0.2) is 0 Å². The number of anilines is 1. The monoisotopic (exact) mass is 352 g/mol. The summed E-state index contributed by atoms with van der Waals surface area (Å²) in [5.41, 5.74) is 1.28. The lowest BCUT2D eigenvalue weighted by Gasteiger charge is -2.20. The molecule has 0 saturated carbocycles. The van der Waals surface area contributed by atoms with Gasteiger partial charge in [-0.3, -0.25) is 0 Å². The first-order chi connectivity index (χ1) is 9.66. The molecule has 20 heavy (non-hydrogen) atoms. The largest absolute Gasteiger partial charge is 0.375 e. The highest BCUT2D eigenvalue weighted by Crippen LogP contribution is 2.26. The molecule has 1 heterocycles. The van der Waals surface area contributed by atoms with E-state index in [1.807, 2.05) is 0 Å². The molecule has 1 aromatic carbocycles. The lowest BCUT2D eigenvalue weighted by Crippen LogP contribution is -2.25. The van der Waals surface area contributed by atoms with Gasteiger partial charge in [-0.25, -0.2) is 0 Å². The Balaban J connectivity index is 1.69. The second-order valence-corrected chi connectivity index (χ2v) is 7.42. The number of nitrogens with zero attached hydrogens (tertiary/aromatic N) is 1. The third-order valence-corrected chi connectivity index (χ3v) is 5.14. The molecule has 0 aliphatic heterocycles. The molecule has 2 rings (SSSR count). The van der Waals surface area contributed by atoms with E-state index in [-0.39, 0.29) is 0 Å². The maximum Gasteiger partial charge on any atom is 0.0701 e. The fraction of sp³-hybridized carbons (Fsp3) is 0.375. The van der Waals surface area contributed by atoms with Gasteiger partial charge in [-0.15, -0.1) is 11.3 Å². The van der Waals surface area contributed by atoms with Crippen LogP contribution in [0.4, 0.5) is 5.69 Å². The van der Waals surface area contributed by atoms with Crippen LogP contribution in [0.1, 0.15) is 24.3 Å². The van der Waals surface area contributed by atoms with Gasteiger partial charge in [0.2, 0.25) is 0 Å². The first-order valence-corrected chi connectivity index (χ1v) is 8.52. The number of hydrogen-bond donors (Lipinski definition) is 1. The lowest BCUT2D eigenvalue weighted by molar-refractivity contribution is 0.565. The first-order valence-electron chi connectivity index (χ1n) is 6.91. The molecule has 1 aromatic heterocycles. The number of hydrogen-bond acceptors (Lipinski definition) is 3. The number of benzene rings is 1. The average molecular weight is 353 g/mol. The standard InChI is InChI=1S/C16H21BrN2S/c1-13(15-9-10-16(17)20-15)18-11-6-12-19(2)14-7-4-3-5-8-14/h3-5,7-10,13,18H,6,11-12H2,1-2H3. The fourth-order valence-electron chi connectivity index (χ4n) is 2.11. The molecule has 1 atom stereocenters. The lowest BCUT2D eigenvalue weighted by atomic mass is 10.2. The van der Waals surface area contributed by atoms with E-state index < -0.39 is 0 Å². The van der Waals surface area contributed by atoms with Crippen molar-refractivity contribution >= 4 is 33.0 Å². The summed E-state index contributed by atoms with van der Waals surface area (Å²) in [6.07, 6.45) is 1.14. The number of rotatable bonds is 7. The van der Waals surface area contributed by atoms with Gasteiger partial charge in [-0.05, 0) is 60.1 Å². The highest BCUT2D eigenvalue weighted by atomic mass is 79.9. The number of nitrogens with one attached hydrogen (secondary N) is 1. The molecule has 0 spiro atoms. The number of halogens is 1. The molecule has 0 radical (unpaired) electrons. The minimum absolute atomic E-state index is 0.424. The Labute approximate surface area is 133 Å². The van der Waals surface area contributed by atoms with Crippen LogP contribution in [0.5, 0.6) is 0 Å². The summed E-state index contributed by atoms with van der Waals surface area (Å²) >= 11 is 5.31. The molecule has 1 unspecified atom stereocenters. The maximum absolute atomic E-state index is 3.58. The Hall–Kier alpha value is -0.840. The predicted molar refractivity (Wildman–Crippen MR) is 92.8 cm³/mol. The molecule has 0 aliphatic carbocycles. The van der Waals surface area contributed by atoms with Crippen molar-refractivity contribution in [2.45, 2.75) is 19.4 Å². The summed E-state index contributed by atoms with van der Waals surface area (Å²) in [5.74, 6) is 0. The summed E-state index contributed by atoms with van der Waals surface area (Å²) in [7, 11) is 2.15. The highest BCUT2D eigenvalue weighted by Gasteiger charge is 2.07. The van der Waals surface area contributed by atoms with Crippen LogP contribution in [0.3, 0.4) is 0 Å². The average Bonchev–Trinajstić information content (AvgIpc) is 2.91. The van der Waals surface area contributed by atoms with Crippen LogP contribution in [0.2, 0.25) is 0 Å². The molecule has 0 aliphatic rings. The van der Waals surface area contributed by atoms with Crippen LogP contribution in [-0.4, -0.2) is 20.1 Å². The van der Waals surface area contributed by atoms with E-state index in [1.54, 1.807) is 11.3 Å². The third kappa shape index (κ3) is 4.62. The van der Waals surface area contributed by atoms with E-state index in [9.17, 15) is 0 Å². The van der Waals surface area contributed by atoms with Crippen molar-refractivity contribution in [3.05, 3.63) is 51.1 Å². The second kappa shape index (κ2) is 7.81. The van der Waals surface area contributed by atoms with Gasteiger partial charge in [0.1, 0.15) is 0 Å². The molecule has 4 heteroatoms. The van der Waals surface area contributed by atoms with Gasteiger partial charge in [-0.1, -0.05) is 18.2 Å². The third-order valence-electron chi connectivity index (χ3n) is 3.34. The number of para-hydroxylation sites is 1. The van der Waals surface area contributed by atoms with E-state index in [0.717, 1.165) is 19.5 Å². The highest BCUT2D eigenvalue weighted by molar-refractivity contribution is 9.11. The van der Waals surface area contributed by atoms with Gasteiger partial charge < -0.3 is 10.2 Å². The van der Waals surface area contributed by atoms with Gasteiger partial charge in [0, 0.05) is 30.2 Å². The summed E-state index contributed by atoms with van der Waals surface area (Å²) in [6, 6.07) is 15.2. The zero-order valence-electron chi connectivity index (χ0n) is 12.0. The minimum atomic E-state index is 0.424. The Morgan fingerprint density at radius 2 is 1.95 bits per heavy atom. The summed E-state index contributed by atoms with van der Waals surface area (Å²) in [5, 5.41) is 3.58. The Morgan fingerprint density at radius 1 is 1.20 bits per heavy atom. The zero-order valence-corrected chi connectivity index (χ0v) is 14.4. The van der Waals surface area contributed by atoms with Crippen LogP contribution < -0.4 is 10.2 Å². The van der Waals surface area contributed by atoms with Gasteiger partial charge in [-0.2, -0.15) is 0 Å². The van der Waals surface area contributed by atoms with Crippen LogP contribution >= 0.6 is 27.3 Å². The Kier molecular flexibility index (Phi) is 6.07. The molecule has 0 saturated heterocycles. The minimum Gasteiger partial charge on any atom is -0.375 e. The van der Waals surface area contributed by atoms with E-state index in [4.69, 9.17) is 0 Å². The molecule has 1 N–H and O–H groups in total. The van der Waals surface area contributed by atoms with E-state index in [1.165, 1.54) is 14.4 Å². The second-order valence-electron chi connectivity index (χ2n) is 4.93. The Morgan fingerprint density at radius 3 is 2.60 bits per heavy atom. The summed E-state index contributed by atoms with van der Waals surface area (Å²) in [6.45, 7) is 4.32. The molecule has 2 nitrogen and oxygen atoms in total. The molecule has 2 aromatic rings. The molecular weight excluding hydrogens is 332 g/mol. The zero-order chi connectivity index (χ0) is 14.4. The first kappa shape index (κ1) is 15.5. The molecule has 0 fully saturated rings.